The second kappa shape index (κ2) is 6.39. The lowest BCUT2D eigenvalue weighted by Crippen LogP contribution is -2.39. The molecule has 0 unspecified atom stereocenters. The van der Waals surface area contributed by atoms with Gasteiger partial charge < -0.3 is 0 Å². The van der Waals surface area contributed by atoms with E-state index in [2.05, 4.69) is 9.71 Å². The number of hydrogen-bond donors (Lipinski definition) is 1. The summed E-state index contributed by atoms with van der Waals surface area (Å²) in [5.41, 5.74) is -0.505. The number of aromatic nitrogens is 3. The monoisotopic (exact) mass is 400 g/mol. The molecule has 0 amide bonds. The van der Waals surface area contributed by atoms with Gasteiger partial charge in [-0.05, 0) is 50.1 Å². The lowest BCUT2D eigenvalue weighted by molar-refractivity contribution is 0.558. The molecule has 1 aromatic carbocycles. The van der Waals surface area contributed by atoms with Gasteiger partial charge in [-0.3, -0.25) is 18.9 Å². The van der Waals surface area contributed by atoms with Crippen molar-refractivity contribution in [3.63, 3.8) is 0 Å². The molecule has 2 heterocycles. The van der Waals surface area contributed by atoms with E-state index in [0.29, 0.717) is 11.2 Å². The summed E-state index contributed by atoms with van der Waals surface area (Å²) in [6, 6.07) is 9.48. The van der Waals surface area contributed by atoms with Gasteiger partial charge in [-0.25, -0.2) is 17.9 Å². The van der Waals surface area contributed by atoms with E-state index in [1.54, 1.807) is 31.4 Å². The van der Waals surface area contributed by atoms with E-state index < -0.39 is 26.8 Å². The third-order valence-corrected chi connectivity index (χ3v) is 6.70. The highest BCUT2D eigenvalue weighted by molar-refractivity contribution is 7.89. The van der Waals surface area contributed by atoms with Crippen molar-refractivity contribution >= 4 is 20.9 Å². The van der Waals surface area contributed by atoms with E-state index in [9.17, 15) is 18.0 Å². The zero-order chi connectivity index (χ0) is 20.1. The molecule has 1 aliphatic rings. The first kappa shape index (κ1) is 18.6. The summed E-state index contributed by atoms with van der Waals surface area (Å²) in [5, 5.41) is 0.168. The van der Waals surface area contributed by atoms with Gasteiger partial charge in [0.2, 0.25) is 10.0 Å². The van der Waals surface area contributed by atoms with E-state index >= 15 is 0 Å². The van der Waals surface area contributed by atoms with Crippen molar-refractivity contribution in [1.82, 2.24) is 18.8 Å². The first-order valence-electron chi connectivity index (χ1n) is 8.88. The van der Waals surface area contributed by atoms with Crippen molar-refractivity contribution in [3.8, 4) is 0 Å². The summed E-state index contributed by atoms with van der Waals surface area (Å²) < 4.78 is 30.4. The molecule has 0 radical (unpaired) electrons. The number of rotatable bonds is 5. The Morgan fingerprint density at radius 2 is 1.93 bits per heavy atom. The molecule has 0 saturated heterocycles. The fourth-order valence-corrected chi connectivity index (χ4v) is 4.62. The SMILES string of the molecule is Cn1c(=O)n(Cc2ccccn2)c(=O)c2cc(S(=O)(=O)NC3(C)CC3)ccc21. The Labute approximate surface area is 161 Å². The van der Waals surface area contributed by atoms with Crippen LogP contribution in [0.25, 0.3) is 10.9 Å². The standard InChI is InChI=1S/C19H20N4O4S/c1-19(8-9-19)21-28(26,27)14-6-7-16-15(11-14)17(24)23(18(25)22(16)2)12-13-5-3-4-10-20-13/h3-7,10-11,21H,8-9,12H2,1-2H3. The Morgan fingerprint density at radius 1 is 1.18 bits per heavy atom. The minimum Gasteiger partial charge on any atom is -0.296 e. The second-order valence-corrected chi connectivity index (χ2v) is 9.08. The van der Waals surface area contributed by atoms with Crippen LogP contribution in [-0.4, -0.2) is 28.1 Å². The van der Waals surface area contributed by atoms with Gasteiger partial charge in [0.25, 0.3) is 5.56 Å². The summed E-state index contributed by atoms with van der Waals surface area (Å²) in [6.07, 6.45) is 3.15. The molecule has 3 aromatic rings. The molecule has 0 spiro atoms. The number of nitrogens with zero attached hydrogens (tertiary/aromatic N) is 3. The van der Waals surface area contributed by atoms with Crippen molar-refractivity contribution in [3.05, 3.63) is 69.1 Å². The average Bonchev–Trinajstić information content (AvgIpc) is 3.39. The quantitative estimate of drug-likeness (QED) is 0.688. The number of fused-ring (bicyclic) bond motifs is 1. The summed E-state index contributed by atoms with van der Waals surface area (Å²) in [5.74, 6) is 0. The Balaban J connectivity index is 1.86. The van der Waals surface area contributed by atoms with Crippen LogP contribution in [0.1, 0.15) is 25.5 Å². The van der Waals surface area contributed by atoms with Gasteiger partial charge in [-0.2, -0.15) is 0 Å². The molecule has 28 heavy (non-hydrogen) atoms. The number of sulfonamides is 1. The largest absolute Gasteiger partial charge is 0.331 e. The zero-order valence-corrected chi connectivity index (χ0v) is 16.4. The van der Waals surface area contributed by atoms with Crippen molar-refractivity contribution in [2.24, 2.45) is 7.05 Å². The van der Waals surface area contributed by atoms with Gasteiger partial charge in [-0.15, -0.1) is 0 Å². The molecule has 1 fully saturated rings. The van der Waals surface area contributed by atoms with Crippen molar-refractivity contribution in [2.75, 3.05) is 0 Å². The van der Waals surface area contributed by atoms with Gasteiger partial charge in [0.15, 0.2) is 0 Å². The van der Waals surface area contributed by atoms with Crippen LogP contribution in [0, 0.1) is 0 Å². The third-order valence-electron chi connectivity index (χ3n) is 5.06. The molecule has 1 aliphatic carbocycles. The topological polar surface area (TPSA) is 103 Å². The normalized spacial score (nSPS) is 15.6. The molecule has 2 aromatic heterocycles. The maximum Gasteiger partial charge on any atom is 0.331 e. The Kier molecular flexibility index (Phi) is 4.24. The van der Waals surface area contributed by atoms with E-state index in [-0.39, 0.29) is 16.8 Å². The third kappa shape index (κ3) is 3.27. The Morgan fingerprint density at radius 3 is 2.57 bits per heavy atom. The van der Waals surface area contributed by atoms with Crippen LogP contribution >= 0.6 is 0 Å². The predicted octanol–water partition coefficient (Wildman–Crippen LogP) is 0.974. The highest BCUT2D eigenvalue weighted by Gasteiger charge is 2.41. The van der Waals surface area contributed by atoms with Crippen LogP contribution in [0.4, 0.5) is 0 Å². The molecule has 146 valence electrons. The Bertz CT molecular complexity index is 1290. The van der Waals surface area contributed by atoms with Crippen molar-refractivity contribution in [1.29, 1.82) is 0 Å². The molecule has 0 bridgehead atoms. The van der Waals surface area contributed by atoms with E-state index in [1.807, 2.05) is 6.92 Å². The van der Waals surface area contributed by atoms with Crippen molar-refractivity contribution < 1.29 is 8.42 Å². The summed E-state index contributed by atoms with van der Waals surface area (Å²) in [4.78, 5) is 29.8. The summed E-state index contributed by atoms with van der Waals surface area (Å²) in [7, 11) is -2.20. The molecule has 0 atom stereocenters. The number of pyridine rings is 1. The number of aryl methyl sites for hydroxylation is 1. The van der Waals surface area contributed by atoms with Gasteiger partial charge in [0.1, 0.15) is 0 Å². The van der Waals surface area contributed by atoms with Gasteiger partial charge in [-0.1, -0.05) is 6.07 Å². The molecule has 1 saturated carbocycles. The van der Waals surface area contributed by atoms with E-state index in [1.165, 1.54) is 22.8 Å². The second-order valence-electron chi connectivity index (χ2n) is 7.40. The fourth-order valence-electron chi connectivity index (χ4n) is 3.13. The molecule has 0 aliphatic heterocycles. The minimum absolute atomic E-state index is 0.00765. The lowest BCUT2D eigenvalue weighted by Gasteiger charge is -2.14. The maximum atomic E-state index is 13.0. The highest BCUT2D eigenvalue weighted by Crippen LogP contribution is 2.36. The first-order valence-corrected chi connectivity index (χ1v) is 10.4. The van der Waals surface area contributed by atoms with Gasteiger partial charge in [0, 0.05) is 18.8 Å². The molecule has 1 N–H and O–H groups in total. The summed E-state index contributed by atoms with van der Waals surface area (Å²) >= 11 is 0. The van der Waals surface area contributed by atoms with Crippen LogP contribution in [0.2, 0.25) is 0 Å². The van der Waals surface area contributed by atoms with Crippen LogP contribution in [-0.2, 0) is 23.6 Å². The van der Waals surface area contributed by atoms with Crippen molar-refractivity contribution in [2.45, 2.75) is 36.7 Å². The molecule has 4 rings (SSSR count). The van der Waals surface area contributed by atoms with Gasteiger partial charge in [0.05, 0.1) is 28.0 Å². The fraction of sp³-hybridized carbons (Fsp3) is 0.316. The van der Waals surface area contributed by atoms with Crippen LogP contribution in [0.5, 0.6) is 0 Å². The summed E-state index contributed by atoms with van der Waals surface area (Å²) in [6.45, 7) is 1.85. The molecular weight excluding hydrogens is 380 g/mol. The molecule has 8 nitrogen and oxygen atoms in total. The van der Waals surface area contributed by atoms with E-state index in [0.717, 1.165) is 17.4 Å². The average molecular weight is 400 g/mol. The van der Waals surface area contributed by atoms with Crippen LogP contribution in [0.15, 0.2) is 57.1 Å². The number of nitrogens with one attached hydrogen (secondary N) is 1. The predicted molar refractivity (Wildman–Crippen MR) is 105 cm³/mol. The zero-order valence-electron chi connectivity index (χ0n) is 15.5. The van der Waals surface area contributed by atoms with E-state index in [4.69, 9.17) is 0 Å². The maximum absolute atomic E-state index is 13.0. The van der Waals surface area contributed by atoms with Crippen LogP contribution < -0.4 is 16.0 Å². The number of benzene rings is 1. The van der Waals surface area contributed by atoms with Gasteiger partial charge >= 0.3 is 5.69 Å². The minimum atomic E-state index is -3.76. The molecule has 9 heteroatoms. The van der Waals surface area contributed by atoms with Crippen LogP contribution in [0.3, 0.4) is 0 Å². The number of hydrogen-bond acceptors (Lipinski definition) is 5. The molecular formula is C19H20N4O4S. The highest BCUT2D eigenvalue weighted by atomic mass is 32.2. The smallest absolute Gasteiger partial charge is 0.296 e. The first-order chi connectivity index (χ1) is 13.2. The Hall–Kier alpha value is -2.78. The lowest BCUT2D eigenvalue weighted by atomic mass is 10.2.